The van der Waals surface area contributed by atoms with Crippen molar-refractivity contribution in [2.45, 2.75) is 25.0 Å². The third kappa shape index (κ3) is 3.10. The number of β-amino-alcohol motifs (C(OH)–C–C–N with tert-alkyl or cyclic N) is 1. The second-order valence-corrected chi connectivity index (χ2v) is 6.22. The fraction of sp³-hybridized carbons (Fsp3) is 0.562. The van der Waals surface area contributed by atoms with Gasteiger partial charge in [0.1, 0.15) is 0 Å². The van der Waals surface area contributed by atoms with E-state index in [2.05, 4.69) is 29.2 Å². The van der Waals surface area contributed by atoms with E-state index in [1.54, 1.807) is 4.90 Å². The molecule has 5 heteroatoms. The second kappa shape index (κ2) is 5.75. The topological polar surface area (TPSA) is 69.8 Å². The van der Waals surface area contributed by atoms with Gasteiger partial charge in [-0.05, 0) is 24.0 Å². The molecule has 114 valence electrons. The first-order valence-electron chi connectivity index (χ1n) is 7.59. The van der Waals surface area contributed by atoms with Gasteiger partial charge in [0.15, 0.2) is 0 Å². The smallest absolute Gasteiger partial charge is 0.236 e. The Balaban J connectivity index is 1.62. The summed E-state index contributed by atoms with van der Waals surface area (Å²) in [4.78, 5) is 15.6. The average Bonchev–Trinajstić information content (AvgIpc) is 2.88. The lowest BCUT2D eigenvalue weighted by Crippen LogP contribution is -2.47. The van der Waals surface area contributed by atoms with E-state index in [9.17, 15) is 9.90 Å². The lowest BCUT2D eigenvalue weighted by Gasteiger charge is -2.34. The molecule has 0 saturated carbocycles. The standard InChI is InChI=1S/C16H23N3O2/c17-9-15(20)19-8-6-16(21,12-19)11-18-7-5-13-3-1-2-4-14(13)10-18/h1-4,21H,5-12,17H2/t16-/m1/s1. The minimum Gasteiger partial charge on any atom is -0.387 e. The van der Waals surface area contributed by atoms with E-state index in [1.165, 1.54) is 11.1 Å². The molecule has 21 heavy (non-hydrogen) atoms. The van der Waals surface area contributed by atoms with Crippen LogP contribution < -0.4 is 5.73 Å². The molecule has 1 aromatic carbocycles. The van der Waals surface area contributed by atoms with Crippen molar-refractivity contribution in [3.63, 3.8) is 0 Å². The van der Waals surface area contributed by atoms with Crippen LogP contribution in [0.15, 0.2) is 24.3 Å². The number of fused-ring (bicyclic) bond motifs is 1. The molecular weight excluding hydrogens is 266 g/mol. The molecular formula is C16H23N3O2. The molecule has 1 aromatic rings. The number of amides is 1. The number of nitrogens with zero attached hydrogens (tertiary/aromatic N) is 2. The number of likely N-dealkylation sites (tertiary alicyclic amines) is 1. The number of hydrogen-bond acceptors (Lipinski definition) is 4. The van der Waals surface area contributed by atoms with Crippen LogP contribution in [0.4, 0.5) is 0 Å². The van der Waals surface area contributed by atoms with Crippen LogP contribution >= 0.6 is 0 Å². The average molecular weight is 289 g/mol. The summed E-state index contributed by atoms with van der Waals surface area (Å²) in [6.07, 6.45) is 1.66. The Bertz CT molecular complexity index is 534. The van der Waals surface area contributed by atoms with Gasteiger partial charge in [0, 0.05) is 26.2 Å². The molecule has 0 aliphatic carbocycles. The molecule has 2 aliphatic heterocycles. The molecule has 3 rings (SSSR count). The Hall–Kier alpha value is -1.43. The zero-order valence-electron chi connectivity index (χ0n) is 12.3. The third-order valence-corrected chi connectivity index (χ3v) is 4.59. The summed E-state index contributed by atoms with van der Waals surface area (Å²) in [5.74, 6) is -0.0742. The summed E-state index contributed by atoms with van der Waals surface area (Å²) in [6, 6.07) is 8.48. The Kier molecular flexibility index (Phi) is 3.97. The fourth-order valence-corrected chi connectivity index (χ4v) is 3.43. The predicted octanol–water partition coefficient (Wildman–Crippen LogP) is -0.0332. The highest BCUT2D eigenvalue weighted by atomic mass is 16.3. The minimum atomic E-state index is -0.795. The van der Waals surface area contributed by atoms with E-state index in [4.69, 9.17) is 5.73 Å². The van der Waals surface area contributed by atoms with Crippen LogP contribution in [0.25, 0.3) is 0 Å². The van der Waals surface area contributed by atoms with E-state index in [0.717, 1.165) is 19.5 Å². The summed E-state index contributed by atoms with van der Waals surface area (Å²) >= 11 is 0. The van der Waals surface area contributed by atoms with Crippen LogP contribution in [0.5, 0.6) is 0 Å². The maximum atomic E-state index is 11.6. The van der Waals surface area contributed by atoms with Gasteiger partial charge in [0.2, 0.25) is 5.91 Å². The monoisotopic (exact) mass is 289 g/mol. The first-order valence-corrected chi connectivity index (χ1v) is 7.59. The summed E-state index contributed by atoms with van der Waals surface area (Å²) < 4.78 is 0. The lowest BCUT2D eigenvalue weighted by atomic mass is 9.97. The Labute approximate surface area is 125 Å². The third-order valence-electron chi connectivity index (χ3n) is 4.59. The van der Waals surface area contributed by atoms with E-state index < -0.39 is 5.60 Å². The van der Waals surface area contributed by atoms with Gasteiger partial charge in [-0.25, -0.2) is 0 Å². The molecule has 3 N–H and O–H groups in total. The predicted molar refractivity (Wildman–Crippen MR) is 80.6 cm³/mol. The van der Waals surface area contributed by atoms with Crippen molar-refractivity contribution in [2.24, 2.45) is 5.73 Å². The van der Waals surface area contributed by atoms with Crippen LogP contribution in [0.2, 0.25) is 0 Å². The SMILES string of the molecule is NCC(=O)N1CC[C@@](O)(CN2CCc3ccccc3C2)C1. The van der Waals surface area contributed by atoms with Gasteiger partial charge in [-0.15, -0.1) is 0 Å². The Morgan fingerprint density at radius 3 is 2.81 bits per heavy atom. The number of nitrogens with two attached hydrogens (primary N) is 1. The Morgan fingerprint density at radius 2 is 2.05 bits per heavy atom. The molecule has 5 nitrogen and oxygen atoms in total. The van der Waals surface area contributed by atoms with E-state index in [0.29, 0.717) is 26.1 Å². The quantitative estimate of drug-likeness (QED) is 0.820. The highest BCUT2D eigenvalue weighted by Gasteiger charge is 2.39. The molecule has 0 bridgehead atoms. The van der Waals surface area contributed by atoms with Crippen molar-refractivity contribution < 1.29 is 9.90 Å². The van der Waals surface area contributed by atoms with Crippen LogP contribution in [-0.4, -0.2) is 59.1 Å². The van der Waals surface area contributed by atoms with Crippen LogP contribution in [0.1, 0.15) is 17.5 Å². The van der Waals surface area contributed by atoms with Crippen molar-refractivity contribution in [1.29, 1.82) is 0 Å². The number of hydrogen-bond donors (Lipinski definition) is 2. The maximum absolute atomic E-state index is 11.6. The molecule has 0 spiro atoms. The largest absolute Gasteiger partial charge is 0.387 e. The second-order valence-electron chi connectivity index (χ2n) is 6.22. The van der Waals surface area contributed by atoms with Gasteiger partial charge in [-0.2, -0.15) is 0 Å². The number of rotatable bonds is 3. The zero-order chi connectivity index (χ0) is 14.9. The summed E-state index contributed by atoms with van der Waals surface area (Å²) in [7, 11) is 0. The first kappa shape index (κ1) is 14.5. The first-order chi connectivity index (χ1) is 10.1. The van der Waals surface area contributed by atoms with Crippen molar-refractivity contribution in [3.05, 3.63) is 35.4 Å². The molecule has 1 atom stereocenters. The number of aliphatic hydroxyl groups is 1. The molecule has 0 aromatic heterocycles. The van der Waals surface area contributed by atoms with Gasteiger partial charge in [-0.1, -0.05) is 24.3 Å². The van der Waals surface area contributed by atoms with Gasteiger partial charge in [-0.3, -0.25) is 9.69 Å². The van der Waals surface area contributed by atoms with E-state index in [-0.39, 0.29) is 12.5 Å². The number of carbonyl (C=O) groups excluding carboxylic acids is 1. The van der Waals surface area contributed by atoms with Gasteiger partial charge >= 0.3 is 0 Å². The van der Waals surface area contributed by atoms with Gasteiger partial charge < -0.3 is 15.7 Å². The van der Waals surface area contributed by atoms with Crippen LogP contribution in [-0.2, 0) is 17.8 Å². The van der Waals surface area contributed by atoms with Crippen LogP contribution in [0.3, 0.4) is 0 Å². The zero-order valence-corrected chi connectivity index (χ0v) is 12.3. The summed E-state index contributed by atoms with van der Waals surface area (Å²) in [6.45, 7) is 3.49. The molecule has 1 fully saturated rings. The Morgan fingerprint density at radius 1 is 1.29 bits per heavy atom. The van der Waals surface area contributed by atoms with E-state index >= 15 is 0 Å². The molecule has 1 amide bonds. The maximum Gasteiger partial charge on any atom is 0.236 e. The van der Waals surface area contributed by atoms with E-state index in [1.807, 2.05) is 0 Å². The molecule has 2 aliphatic rings. The van der Waals surface area contributed by atoms with Crippen molar-refractivity contribution in [1.82, 2.24) is 9.80 Å². The van der Waals surface area contributed by atoms with Crippen molar-refractivity contribution in [3.8, 4) is 0 Å². The highest BCUT2D eigenvalue weighted by Crippen LogP contribution is 2.26. The van der Waals surface area contributed by atoms with Crippen molar-refractivity contribution >= 4 is 5.91 Å². The lowest BCUT2D eigenvalue weighted by molar-refractivity contribution is -0.129. The molecule has 0 unspecified atom stereocenters. The fourth-order valence-electron chi connectivity index (χ4n) is 3.43. The number of carbonyl (C=O) groups is 1. The molecule has 2 heterocycles. The normalized spacial score (nSPS) is 25.9. The van der Waals surface area contributed by atoms with Crippen molar-refractivity contribution in [2.75, 3.05) is 32.7 Å². The highest BCUT2D eigenvalue weighted by molar-refractivity contribution is 5.78. The summed E-state index contributed by atoms with van der Waals surface area (Å²) in [5, 5.41) is 10.7. The summed E-state index contributed by atoms with van der Waals surface area (Å²) in [5.41, 5.74) is 7.36. The molecule has 0 radical (unpaired) electrons. The van der Waals surface area contributed by atoms with Gasteiger partial charge in [0.25, 0.3) is 0 Å². The minimum absolute atomic E-state index is 0.0210. The van der Waals surface area contributed by atoms with Gasteiger partial charge in [0.05, 0.1) is 18.7 Å². The number of benzene rings is 1. The van der Waals surface area contributed by atoms with Crippen LogP contribution in [0, 0.1) is 0 Å². The molecule has 1 saturated heterocycles.